The number of carbonyl (C=O) groups is 3. The molecule has 1 aliphatic heterocycles. The second-order valence-corrected chi connectivity index (χ2v) is 8.92. The molecule has 1 heterocycles. The van der Waals surface area contributed by atoms with Crippen LogP contribution < -0.4 is 15.5 Å². The van der Waals surface area contributed by atoms with E-state index >= 15 is 0 Å². The van der Waals surface area contributed by atoms with Gasteiger partial charge in [-0.05, 0) is 61.9 Å². The van der Waals surface area contributed by atoms with E-state index < -0.39 is 17.7 Å². The third-order valence-electron chi connectivity index (χ3n) is 5.26. The number of rotatable bonds is 5. The van der Waals surface area contributed by atoms with Crippen molar-refractivity contribution < 1.29 is 14.4 Å². The number of halogens is 3. The van der Waals surface area contributed by atoms with Gasteiger partial charge in [-0.25, -0.2) is 4.90 Å². The molecule has 0 radical (unpaired) electrons. The molecule has 0 saturated carbocycles. The second kappa shape index (κ2) is 9.50. The molecule has 34 heavy (non-hydrogen) atoms. The fraction of sp³-hybridized carbons (Fsp3) is 0.0800. The van der Waals surface area contributed by atoms with E-state index in [1.165, 1.54) is 6.07 Å². The molecule has 0 unspecified atom stereocenters. The average Bonchev–Trinajstić information content (AvgIpc) is 3.01. The van der Waals surface area contributed by atoms with E-state index in [1.807, 2.05) is 6.92 Å². The van der Waals surface area contributed by atoms with Gasteiger partial charge in [0.05, 0.1) is 16.4 Å². The van der Waals surface area contributed by atoms with Crippen molar-refractivity contribution in [2.24, 2.45) is 0 Å². The first kappa shape index (κ1) is 23.8. The minimum atomic E-state index is -0.623. The number of hydrogen-bond donors (Lipinski definition) is 2. The highest BCUT2D eigenvalue weighted by Gasteiger charge is 2.39. The molecular formula is C25H18Cl3N3O3. The molecule has 6 nitrogen and oxygen atoms in total. The first-order chi connectivity index (χ1) is 16.2. The van der Waals surface area contributed by atoms with Gasteiger partial charge < -0.3 is 10.6 Å². The lowest BCUT2D eigenvalue weighted by atomic mass is 10.1. The Kier molecular flexibility index (Phi) is 6.66. The Morgan fingerprint density at radius 1 is 0.824 bits per heavy atom. The van der Waals surface area contributed by atoms with Crippen LogP contribution in [0.3, 0.4) is 0 Å². The van der Waals surface area contributed by atoms with E-state index in [1.54, 1.807) is 61.5 Å². The number of benzene rings is 3. The van der Waals surface area contributed by atoms with Gasteiger partial charge in [-0.1, -0.05) is 58.6 Å². The number of aryl methyl sites for hydroxylation is 2. The molecule has 3 aromatic rings. The predicted octanol–water partition coefficient (Wildman–Crippen LogP) is 6.30. The summed E-state index contributed by atoms with van der Waals surface area (Å²) in [7, 11) is 0. The molecule has 3 amide bonds. The summed E-state index contributed by atoms with van der Waals surface area (Å²) in [6, 6.07) is 16.6. The fourth-order valence-electron chi connectivity index (χ4n) is 3.36. The minimum Gasteiger partial charge on any atom is -0.349 e. The summed E-state index contributed by atoms with van der Waals surface area (Å²) in [5.41, 5.74) is 3.26. The van der Waals surface area contributed by atoms with Crippen molar-refractivity contribution >= 4 is 69.6 Å². The Morgan fingerprint density at radius 3 is 2.21 bits per heavy atom. The van der Waals surface area contributed by atoms with Crippen LogP contribution in [0, 0.1) is 13.8 Å². The topological polar surface area (TPSA) is 78.5 Å². The molecule has 0 spiro atoms. The molecule has 2 N–H and O–H groups in total. The summed E-state index contributed by atoms with van der Waals surface area (Å²) in [4.78, 5) is 39.6. The van der Waals surface area contributed by atoms with Crippen LogP contribution in [0.5, 0.6) is 0 Å². The van der Waals surface area contributed by atoms with Crippen LogP contribution in [0.15, 0.2) is 71.4 Å². The number of anilines is 3. The lowest BCUT2D eigenvalue weighted by Crippen LogP contribution is -2.32. The standard InChI is InChI=1S/C25H18Cl3N3O3/c1-13-3-8-17(9-4-13)31-24(33)21(28)22(25(31)34)29-20-11-15(6-5-14(20)2)23(32)30-19-10-7-16(26)12-18(19)27/h3-12,29H,1-2H3,(H,30,32). The summed E-state index contributed by atoms with van der Waals surface area (Å²) in [5, 5.41) is 6.19. The maximum atomic E-state index is 13.0. The highest BCUT2D eigenvalue weighted by molar-refractivity contribution is 6.53. The molecule has 0 aromatic heterocycles. The first-order valence-electron chi connectivity index (χ1n) is 10.1. The normalized spacial score (nSPS) is 13.5. The van der Waals surface area contributed by atoms with Gasteiger partial charge in [0, 0.05) is 16.3 Å². The number of nitrogens with zero attached hydrogens (tertiary/aromatic N) is 1. The molecular weight excluding hydrogens is 497 g/mol. The molecule has 0 atom stereocenters. The van der Waals surface area contributed by atoms with Crippen LogP contribution in [0.4, 0.5) is 17.1 Å². The van der Waals surface area contributed by atoms with Crippen molar-refractivity contribution in [2.75, 3.05) is 15.5 Å². The largest absolute Gasteiger partial charge is 0.349 e. The maximum absolute atomic E-state index is 13.0. The zero-order valence-corrected chi connectivity index (χ0v) is 20.3. The Hall–Kier alpha value is -3.32. The molecule has 0 fully saturated rings. The smallest absolute Gasteiger partial charge is 0.283 e. The molecule has 1 aliphatic rings. The SMILES string of the molecule is Cc1ccc(N2C(=O)C(Cl)=C(Nc3cc(C(=O)Nc4ccc(Cl)cc4Cl)ccc3C)C2=O)cc1. The fourth-order valence-corrected chi connectivity index (χ4v) is 4.03. The molecule has 3 aromatic carbocycles. The zero-order valence-electron chi connectivity index (χ0n) is 18.1. The monoisotopic (exact) mass is 513 g/mol. The van der Waals surface area contributed by atoms with Gasteiger partial charge in [0.2, 0.25) is 0 Å². The van der Waals surface area contributed by atoms with E-state index in [0.717, 1.165) is 16.0 Å². The Bertz CT molecular complexity index is 1370. The highest BCUT2D eigenvalue weighted by Crippen LogP contribution is 2.32. The average molecular weight is 515 g/mol. The highest BCUT2D eigenvalue weighted by atomic mass is 35.5. The van der Waals surface area contributed by atoms with E-state index in [9.17, 15) is 14.4 Å². The van der Waals surface area contributed by atoms with Crippen molar-refractivity contribution in [1.82, 2.24) is 0 Å². The zero-order chi connectivity index (χ0) is 24.6. The van der Waals surface area contributed by atoms with Crippen molar-refractivity contribution in [2.45, 2.75) is 13.8 Å². The lowest BCUT2D eigenvalue weighted by molar-refractivity contribution is -0.120. The van der Waals surface area contributed by atoms with Crippen LogP contribution >= 0.6 is 34.8 Å². The van der Waals surface area contributed by atoms with Crippen LogP contribution in [-0.2, 0) is 9.59 Å². The van der Waals surface area contributed by atoms with Crippen LogP contribution in [0.1, 0.15) is 21.5 Å². The summed E-state index contributed by atoms with van der Waals surface area (Å²) in [6.45, 7) is 3.70. The predicted molar refractivity (Wildman–Crippen MR) is 136 cm³/mol. The third kappa shape index (κ3) is 4.66. The van der Waals surface area contributed by atoms with E-state index in [4.69, 9.17) is 34.8 Å². The number of hydrogen-bond acceptors (Lipinski definition) is 4. The summed E-state index contributed by atoms with van der Waals surface area (Å²) >= 11 is 18.3. The minimum absolute atomic E-state index is 0.0614. The van der Waals surface area contributed by atoms with Crippen LogP contribution in [0.2, 0.25) is 10.0 Å². The molecule has 0 bridgehead atoms. The van der Waals surface area contributed by atoms with E-state index in [2.05, 4.69) is 10.6 Å². The Labute approximate surface area is 211 Å². The van der Waals surface area contributed by atoms with Crippen LogP contribution in [0.25, 0.3) is 0 Å². The van der Waals surface area contributed by atoms with E-state index in [0.29, 0.717) is 32.7 Å². The van der Waals surface area contributed by atoms with Crippen molar-refractivity contribution in [3.05, 3.63) is 98.1 Å². The Morgan fingerprint density at radius 2 is 1.53 bits per heavy atom. The molecule has 172 valence electrons. The summed E-state index contributed by atoms with van der Waals surface area (Å²) < 4.78 is 0. The van der Waals surface area contributed by atoms with Gasteiger partial charge in [0.25, 0.3) is 17.7 Å². The Balaban J connectivity index is 1.58. The van der Waals surface area contributed by atoms with Gasteiger partial charge in [0.1, 0.15) is 10.7 Å². The maximum Gasteiger partial charge on any atom is 0.283 e. The lowest BCUT2D eigenvalue weighted by Gasteiger charge is -2.16. The van der Waals surface area contributed by atoms with Crippen LogP contribution in [-0.4, -0.2) is 17.7 Å². The molecule has 0 aliphatic carbocycles. The molecule has 9 heteroatoms. The number of nitrogens with one attached hydrogen (secondary N) is 2. The second-order valence-electron chi connectivity index (χ2n) is 7.70. The van der Waals surface area contributed by atoms with Crippen molar-refractivity contribution in [3.8, 4) is 0 Å². The van der Waals surface area contributed by atoms with Crippen molar-refractivity contribution in [3.63, 3.8) is 0 Å². The third-order valence-corrected chi connectivity index (χ3v) is 6.16. The number of imide groups is 1. The van der Waals surface area contributed by atoms with Crippen molar-refractivity contribution in [1.29, 1.82) is 0 Å². The summed E-state index contributed by atoms with van der Waals surface area (Å²) in [5.74, 6) is -1.62. The quantitative estimate of drug-likeness (QED) is 0.392. The van der Waals surface area contributed by atoms with Gasteiger partial charge in [-0.3, -0.25) is 14.4 Å². The van der Waals surface area contributed by atoms with Gasteiger partial charge in [-0.15, -0.1) is 0 Å². The number of amides is 3. The van der Waals surface area contributed by atoms with Gasteiger partial charge in [0.15, 0.2) is 0 Å². The molecule has 0 saturated heterocycles. The number of carbonyl (C=O) groups excluding carboxylic acids is 3. The van der Waals surface area contributed by atoms with Gasteiger partial charge in [-0.2, -0.15) is 0 Å². The summed E-state index contributed by atoms with van der Waals surface area (Å²) in [6.07, 6.45) is 0. The van der Waals surface area contributed by atoms with Gasteiger partial charge >= 0.3 is 0 Å². The molecule has 4 rings (SSSR count). The first-order valence-corrected chi connectivity index (χ1v) is 11.3. The van der Waals surface area contributed by atoms with E-state index in [-0.39, 0.29) is 10.7 Å².